The van der Waals surface area contributed by atoms with Crippen LogP contribution in [0, 0.1) is 24.1 Å². The minimum atomic E-state index is -0.487. The van der Waals surface area contributed by atoms with Crippen molar-refractivity contribution in [2.75, 3.05) is 5.32 Å². The van der Waals surface area contributed by atoms with Crippen LogP contribution < -0.4 is 10.1 Å². The van der Waals surface area contributed by atoms with E-state index in [1.165, 1.54) is 12.1 Å². The molecule has 0 bridgehead atoms. The summed E-state index contributed by atoms with van der Waals surface area (Å²) in [6, 6.07) is 22.6. The highest BCUT2D eigenvalue weighted by Crippen LogP contribution is 2.19. The molecule has 0 heterocycles. The molecule has 0 aliphatic carbocycles. The summed E-state index contributed by atoms with van der Waals surface area (Å²) in [5.74, 6) is -0.304. The van der Waals surface area contributed by atoms with Crippen LogP contribution in [0.1, 0.15) is 16.7 Å². The number of rotatable bonds is 6. The maximum Gasteiger partial charge on any atom is 0.266 e. The average Bonchev–Trinajstić information content (AvgIpc) is 2.73. The summed E-state index contributed by atoms with van der Waals surface area (Å²) in [7, 11) is 0. The topological polar surface area (TPSA) is 62.1 Å². The number of anilines is 1. The molecule has 0 aliphatic heterocycles. The molecule has 0 unspecified atom stereocenters. The lowest BCUT2D eigenvalue weighted by molar-refractivity contribution is -0.112. The molecule has 0 fully saturated rings. The zero-order valence-electron chi connectivity index (χ0n) is 15.9. The van der Waals surface area contributed by atoms with Gasteiger partial charge in [0.15, 0.2) is 0 Å². The fourth-order valence-electron chi connectivity index (χ4n) is 2.69. The SMILES string of the molecule is Cc1ccccc1NC(=O)C(C#N)=Cc1cccc(OCc2ccccc2F)c1. The Balaban J connectivity index is 1.73. The van der Waals surface area contributed by atoms with Crippen molar-refractivity contribution in [1.29, 1.82) is 5.26 Å². The van der Waals surface area contributed by atoms with Crippen molar-refractivity contribution < 1.29 is 13.9 Å². The van der Waals surface area contributed by atoms with E-state index in [4.69, 9.17) is 4.74 Å². The molecule has 144 valence electrons. The van der Waals surface area contributed by atoms with Gasteiger partial charge >= 0.3 is 0 Å². The lowest BCUT2D eigenvalue weighted by atomic mass is 10.1. The van der Waals surface area contributed by atoms with Crippen LogP contribution in [-0.4, -0.2) is 5.91 Å². The van der Waals surface area contributed by atoms with Crippen LogP contribution in [0.5, 0.6) is 5.75 Å². The first kappa shape index (κ1) is 19.8. The van der Waals surface area contributed by atoms with Crippen LogP contribution in [0.2, 0.25) is 0 Å². The van der Waals surface area contributed by atoms with Gasteiger partial charge in [-0.2, -0.15) is 5.26 Å². The second kappa shape index (κ2) is 9.34. The third kappa shape index (κ3) is 5.30. The highest BCUT2D eigenvalue weighted by atomic mass is 19.1. The molecule has 0 aliphatic rings. The number of para-hydroxylation sites is 1. The Morgan fingerprint density at radius 2 is 1.86 bits per heavy atom. The van der Waals surface area contributed by atoms with Crippen LogP contribution in [0.3, 0.4) is 0 Å². The minimum absolute atomic E-state index is 0.0282. The van der Waals surface area contributed by atoms with Gasteiger partial charge in [0.2, 0.25) is 0 Å². The van der Waals surface area contributed by atoms with Crippen LogP contribution in [0.4, 0.5) is 10.1 Å². The summed E-state index contributed by atoms with van der Waals surface area (Å²) in [5.41, 5.74) is 2.61. The molecule has 0 saturated carbocycles. The number of halogens is 1. The molecular weight excluding hydrogens is 367 g/mol. The summed E-state index contributed by atoms with van der Waals surface area (Å²) in [6.45, 7) is 1.96. The molecule has 3 aromatic rings. The zero-order chi connectivity index (χ0) is 20.6. The molecule has 0 atom stereocenters. The van der Waals surface area contributed by atoms with E-state index in [1.54, 1.807) is 48.5 Å². The predicted molar refractivity (Wildman–Crippen MR) is 111 cm³/mol. The van der Waals surface area contributed by atoms with E-state index >= 15 is 0 Å². The second-order valence-electron chi connectivity index (χ2n) is 6.39. The van der Waals surface area contributed by atoms with Crippen LogP contribution in [0.15, 0.2) is 78.4 Å². The standard InChI is InChI=1S/C24H19FN2O2/c1-17-7-2-5-12-23(17)27-24(28)20(15-26)13-18-8-6-10-21(14-18)29-16-19-9-3-4-11-22(19)25/h2-14H,16H2,1H3,(H,27,28). The number of aryl methyl sites for hydroxylation is 1. The van der Waals surface area contributed by atoms with Gasteiger partial charge in [0.1, 0.15) is 29.8 Å². The lowest BCUT2D eigenvalue weighted by Gasteiger charge is -2.09. The third-order valence-electron chi connectivity index (χ3n) is 4.28. The van der Waals surface area contributed by atoms with Gasteiger partial charge in [-0.25, -0.2) is 4.39 Å². The van der Waals surface area contributed by atoms with Gasteiger partial charge in [0, 0.05) is 11.3 Å². The normalized spacial score (nSPS) is 10.9. The molecule has 29 heavy (non-hydrogen) atoms. The Morgan fingerprint density at radius 3 is 2.62 bits per heavy atom. The Labute approximate surface area is 168 Å². The van der Waals surface area contributed by atoms with Crippen molar-refractivity contribution >= 4 is 17.7 Å². The molecule has 3 aromatic carbocycles. The second-order valence-corrected chi connectivity index (χ2v) is 6.39. The predicted octanol–water partition coefficient (Wildman–Crippen LogP) is 5.26. The van der Waals surface area contributed by atoms with E-state index in [2.05, 4.69) is 5.32 Å². The minimum Gasteiger partial charge on any atom is -0.489 e. The van der Waals surface area contributed by atoms with Crippen molar-refractivity contribution in [3.8, 4) is 11.8 Å². The number of nitrogens with zero attached hydrogens (tertiary/aromatic N) is 1. The number of hydrogen-bond acceptors (Lipinski definition) is 3. The first-order chi connectivity index (χ1) is 14.1. The molecule has 0 aromatic heterocycles. The van der Waals surface area contributed by atoms with Gasteiger partial charge in [-0.15, -0.1) is 0 Å². The Bertz CT molecular complexity index is 1100. The van der Waals surface area contributed by atoms with Crippen molar-refractivity contribution in [2.45, 2.75) is 13.5 Å². The largest absolute Gasteiger partial charge is 0.489 e. The molecule has 1 amide bonds. The molecular formula is C24H19FN2O2. The number of ether oxygens (including phenoxy) is 1. The summed E-state index contributed by atoms with van der Waals surface area (Å²) in [6.07, 6.45) is 1.49. The fourth-order valence-corrected chi connectivity index (χ4v) is 2.69. The highest BCUT2D eigenvalue weighted by Gasteiger charge is 2.11. The number of carbonyl (C=O) groups is 1. The zero-order valence-corrected chi connectivity index (χ0v) is 15.9. The van der Waals surface area contributed by atoms with E-state index in [1.807, 2.05) is 31.2 Å². The van der Waals surface area contributed by atoms with Gasteiger partial charge in [-0.3, -0.25) is 4.79 Å². The van der Waals surface area contributed by atoms with Crippen molar-refractivity contribution in [2.24, 2.45) is 0 Å². The molecule has 1 N–H and O–H groups in total. The van der Waals surface area contributed by atoms with Gasteiger partial charge in [0.25, 0.3) is 5.91 Å². The first-order valence-electron chi connectivity index (χ1n) is 9.02. The van der Waals surface area contributed by atoms with Crippen LogP contribution in [-0.2, 0) is 11.4 Å². The molecule has 3 rings (SSSR count). The Hall–Kier alpha value is -3.91. The fraction of sp³-hybridized carbons (Fsp3) is 0.0833. The van der Waals surface area contributed by atoms with E-state index < -0.39 is 5.91 Å². The Kier molecular flexibility index (Phi) is 6.39. The number of carbonyl (C=O) groups excluding carboxylic acids is 1. The van der Waals surface area contributed by atoms with Crippen LogP contribution >= 0.6 is 0 Å². The smallest absolute Gasteiger partial charge is 0.266 e. The average molecular weight is 386 g/mol. The molecule has 0 saturated heterocycles. The molecule has 0 spiro atoms. The first-order valence-corrected chi connectivity index (χ1v) is 9.02. The van der Waals surface area contributed by atoms with E-state index in [-0.39, 0.29) is 18.0 Å². The number of hydrogen-bond donors (Lipinski definition) is 1. The number of amides is 1. The van der Waals surface area contributed by atoms with Gasteiger partial charge < -0.3 is 10.1 Å². The maximum atomic E-state index is 13.7. The summed E-state index contributed by atoms with van der Waals surface area (Å²) in [5, 5.41) is 12.2. The van der Waals surface area contributed by atoms with E-state index in [0.29, 0.717) is 22.6 Å². The van der Waals surface area contributed by atoms with Gasteiger partial charge in [-0.05, 0) is 48.4 Å². The number of nitrogens with one attached hydrogen (secondary N) is 1. The summed E-state index contributed by atoms with van der Waals surface area (Å²) < 4.78 is 19.4. The number of benzene rings is 3. The van der Waals surface area contributed by atoms with E-state index in [0.717, 1.165) is 5.56 Å². The summed E-state index contributed by atoms with van der Waals surface area (Å²) in [4.78, 5) is 12.5. The molecule has 4 nitrogen and oxygen atoms in total. The highest BCUT2D eigenvalue weighted by molar-refractivity contribution is 6.09. The van der Waals surface area contributed by atoms with Gasteiger partial charge in [-0.1, -0.05) is 48.5 Å². The monoisotopic (exact) mass is 386 g/mol. The lowest BCUT2D eigenvalue weighted by Crippen LogP contribution is -2.14. The molecule has 0 radical (unpaired) electrons. The third-order valence-corrected chi connectivity index (χ3v) is 4.28. The van der Waals surface area contributed by atoms with Crippen LogP contribution in [0.25, 0.3) is 6.08 Å². The van der Waals surface area contributed by atoms with E-state index in [9.17, 15) is 14.4 Å². The summed E-state index contributed by atoms with van der Waals surface area (Å²) >= 11 is 0. The van der Waals surface area contributed by atoms with Gasteiger partial charge in [0.05, 0.1) is 0 Å². The Morgan fingerprint density at radius 1 is 1.10 bits per heavy atom. The quantitative estimate of drug-likeness (QED) is 0.464. The number of nitriles is 1. The van der Waals surface area contributed by atoms with Crippen molar-refractivity contribution in [1.82, 2.24) is 0 Å². The van der Waals surface area contributed by atoms with Crippen molar-refractivity contribution in [3.05, 3.63) is 101 Å². The molecule has 5 heteroatoms. The maximum absolute atomic E-state index is 13.7. The van der Waals surface area contributed by atoms with Crippen molar-refractivity contribution in [3.63, 3.8) is 0 Å².